The summed E-state index contributed by atoms with van der Waals surface area (Å²) in [5.74, 6) is -3.43. The maximum atomic E-state index is 12.3. The SMILES string of the molecule is O=C(O)CC(Cc1c[nH]c2ccccc12)NC(=O)C(F)(F)F. The lowest BCUT2D eigenvalue weighted by Crippen LogP contribution is -2.45. The minimum absolute atomic E-state index is 0.0157. The fourth-order valence-electron chi connectivity index (χ4n) is 2.22. The average molecular weight is 314 g/mol. The summed E-state index contributed by atoms with van der Waals surface area (Å²) in [7, 11) is 0. The fraction of sp³-hybridized carbons (Fsp3) is 0.286. The van der Waals surface area contributed by atoms with Gasteiger partial charge >= 0.3 is 18.1 Å². The molecule has 0 saturated carbocycles. The molecule has 1 unspecified atom stereocenters. The lowest BCUT2D eigenvalue weighted by atomic mass is 10.0. The number of carboxylic acids is 1. The van der Waals surface area contributed by atoms with E-state index in [1.165, 1.54) is 0 Å². The van der Waals surface area contributed by atoms with Crippen molar-refractivity contribution in [3.63, 3.8) is 0 Å². The molecule has 2 rings (SSSR count). The van der Waals surface area contributed by atoms with Gasteiger partial charge in [0.15, 0.2) is 0 Å². The summed E-state index contributed by atoms with van der Waals surface area (Å²) in [5.41, 5.74) is 1.43. The number of alkyl halides is 3. The number of aromatic amines is 1. The van der Waals surface area contributed by atoms with Gasteiger partial charge < -0.3 is 15.4 Å². The van der Waals surface area contributed by atoms with Gasteiger partial charge in [-0.3, -0.25) is 9.59 Å². The van der Waals surface area contributed by atoms with E-state index in [0.29, 0.717) is 5.56 Å². The van der Waals surface area contributed by atoms with Crippen LogP contribution >= 0.6 is 0 Å². The Bertz CT molecular complexity index is 694. The van der Waals surface area contributed by atoms with Crippen LogP contribution in [0.3, 0.4) is 0 Å². The number of rotatable bonds is 5. The Labute approximate surface area is 123 Å². The molecule has 0 aliphatic carbocycles. The van der Waals surface area contributed by atoms with Gasteiger partial charge in [-0.25, -0.2) is 0 Å². The molecular weight excluding hydrogens is 301 g/mol. The van der Waals surface area contributed by atoms with Gasteiger partial charge in [0.05, 0.1) is 6.42 Å². The molecule has 0 bridgehead atoms. The van der Waals surface area contributed by atoms with E-state index in [9.17, 15) is 22.8 Å². The van der Waals surface area contributed by atoms with Crippen LogP contribution in [-0.2, 0) is 16.0 Å². The van der Waals surface area contributed by atoms with Crippen LogP contribution in [-0.4, -0.2) is 34.2 Å². The molecule has 1 aromatic heterocycles. The van der Waals surface area contributed by atoms with Crippen molar-refractivity contribution in [1.29, 1.82) is 0 Å². The number of hydrogen-bond donors (Lipinski definition) is 3. The van der Waals surface area contributed by atoms with Crippen molar-refractivity contribution in [1.82, 2.24) is 10.3 Å². The summed E-state index contributed by atoms with van der Waals surface area (Å²) in [5, 5.41) is 11.3. The Morgan fingerprint density at radius 3 is 2.59 bits per heavy atom. The van der Waals surface area contributed by atoms with Crippen LogP contribution in [0.25, 0.3) is 10.9 Å². The van der Waals surface area contributed by atoms with E-state index in [1.807, 2.05) is 0 Å². The van der Waals surface area contributed by atoms with Crippen molar-refractivity contribution >= 4 is 22.8 Å². The lowest BCUT2D eigenvalue weighted by Gasteiger charge is -2.17. The smallest absolute Gasteiger partial charge is 0.471 e. The second-order valence-electron chi connectivity index (χ2n) is 4.83. The summed E-state index contributed by atoms with van der Waals surface area (Å²) in [6.45, 7) is 0. The minimum Gasteiger partial charge on any atom is -0.481 e. The van der Waals surface area contributed by atoms with Crippen LogP contribution in [0.15, 0.2) is 30.5 Å². The van der Waals surface area contributed by atoms with Crippen molar-refractivity contribution in [3.8, 4) is 0 Å². The van der Waals surface area contributed by atoms with Crippen molar-refractivity contribution in [3.05, 3.63) is 36.0 Å². The summed E-state index contributed by atoms with van der Waals surface area (Å²) < 4.78 is 36.9. The van der Waals surface area contributed by atoms with E-state index in [4.69, 9.17) is 5.11 Å². The first-order chi connectivity index (χ1) is 10.3. The van der Waals surface area contributed by atoms with Gasteiger partial charge in [-0.05, 0) is 18.1 Å². The van der Waals surface area contributed by atoms with E-state index in [-0.39, 0.29) is 6.42 Å². The number of benzene rings is 1. The van der Waals surface area contributed by atoms with Crippen LogP contribution in [0.2, 0.25) is 0 Å². The molecule has 1 heterocycles. The molecule has 3 N–H and O–H groups in total. The number of H-pyrrole nitrogens is 1. The molecule has 5 nitrogen and oxygen atoms in total. The predicted molar refractivity (Wildman–Crippen MR) is 72.2 cm³/mol. The highest BCUT2D eigenvalue weighted by molar-refractivity contribution is 5.84. The van der Waals surface area contributed by atoms with Crippen molar-refractivity contribution in [2.75, 3.05) is 0 Å². The molecule has 0 fully saturated rings. The Kier molecular flexibility index (Phi) is 4.39. The highest BCUT2D eigenvalue weighted by Crippen LogP contribution is 2.21. The third-order valence-corrected chi connectivity index (χ3v) is 3.15. The van der Waals surface area contributed by atoms with Gasteiger partial charge in [0, 0.05) is 23.1 Å². The number of halogens is 3. The molecule has 1 aromatic carbocycles. The Balaban J connectivity index is 2.19. The third-order valence-electron chi connectivity index (χ3n) is 3.15. The molecule has 0 aliphatic heterocycles. The first kappa shape index (κ1) is 15.9. The van der Waals surface area contributed by atoms with Gasteiger partial charge in [-0.15, -0.1) is 0 Å². The maximum Gasteiger partial charge on any atom is 0.471 e. The standard InChI is InChI=1S/C14H13F3N2O3/c15-14(16,17)13(22)19-9(6-12(20)21)5-8-7-18-11-4-2-1-3-10(8)11/h1-4,7,9,18H,5-6H2,(H,19,22)(H,20,21). The third kappa shape index (κ3) is 3.78. The van der Waals surface area contributed by atoms with Gasteiger partial charge in [-0.2, -0.15) is 13.2 Å². The number of carbonyl (C=O) groups is 2. The van der Waals surface area contributed by atoms with E-state index >= 15 is 0 Å². The second kappa shape index (κ2) is 6.08. The number of para-hydroxylation sites is 1. The van der Waals surface area contributed by atoms with Gasteiger partial charge in [0.1, 0.15) is 0 Å². The Hall–Kier alpha value is -2.51. The Morgan fingerprint density at radius 1 is 1.27 bits per heavy atom. The zero-order valence-corrected chi connectivity index (χ0v) is 11.3. The molecule has 0 spiro atoms. The van der Waals surface area contributed by atoms with Crippen molar-refractivity contribution < 1.29 is 27.9 Å². The number of aromatic nitrogens is 1. The topological polar surface area (TPSA) is 82.2 Å². The van der Waals surface area contributed by atoms with Crippen LogP contribution in [0, 0.1) is 0 Å². The molecule has 8 heteroatoms. The quantitative estimate of drug-likeness (QED) is 0.791. The molecule has 0 saturated heterocycles. The van der Waals surface area contributed by atoms with Gasteiger partial charge in [-0.1, -0.05) is 18.2 Å². The van der Waals surface area contributed by atoms with E-state index in [1.54, 1.807) is 35.8 Å². The molecular formula is C14H13F3N2O3. The van der Waals surface area contributed by atoms with Crippen LogP contribution in [0.1, 0.15) is 12.0 Å². The first-order valence-electron chi connectivity index (χ1n) is 6.42. The van der Waals surface area contributed by atoms with Crippen LogP contribution < -0.4 is 5.32 Å². The first-order valence-corrected chi connectivity index (χ1v) is 6.42. The lowest BCUT2D eigenvalue weighted by molar-refractivity contribution is -0.174. The number of nitrogens with one attached hydrogen (secondary N) is 2. The predicted octanol–water partition coefficient (Wildman–Crippen LogP) is 2.23. The number of hydrogen-bond acceptors (Lipinski definition) is 2. The number of amides is 1. The monoisotopic (exact) mass is 314 g/mol. The molecule has 1 atom stereocenters. The number of fused-ring (bicyclic) bond motifs is 1. The number of carbonyl (C=O) groups excluding carboxylic acids is 1. The fourth-order valence-corrected chi connectivity index (χ4v) is 2.22. The van der Waals surface area contributed by atoms with Gasteiger partial charge in [0.25, 0.3) is 0 Å². The van der Waals surface area contributed by atoms with Crippen LogP contribution in [0.5, 0.6) is 0 Å². The largest absolute Gasteiger partial charge is 0.481 e. The zero-order valence-electron chi connectivity index (χ0n) is 11.3. The summed E-state index contributed by atoms with van der Waals surface area (Å²) in [4.78, 5) is 24.8. The summed E-state index contributed by atoms with van der Waals surface area (Å²) in [6.07, 6.45) is -4.06. The summed E-state index contributed by atoms with van der Waals surface area (Å²) in [6, 6.07) is 5.97. The molecule has 22 heavy (non-hydrogen) atoms. The Morgan fingerprint density at radius 2 is 1.95 bits per heavy atom. The van der Waals surface area contributed by atoms with Crippen molar-refractivity contribution in [2.24, 2.45) is 0 Å². The summed E-state index contributed by atoms with van der Waals surface area (Å²) >= 11 is 0. The van der Waals surface area contributed by atoms with Crippen LogP contribution in [0.4, 0.5) is 13.2 Å². The molecule has 0 radical (unpaired) electrons. The second-order valence-corrected chi connectivity index (χ2v) is 4.83. The number of carboxylic acid groups (broad SMARTS) is 1. The van der Waals surface area contributed by atoms with Gasteiger partial charge in [0.2, 0.25) is 0 Å². The molecule has 2 aromatic rings. The molecule has 118 valence electrons. The molecule has 0 aliphatic rings. The van der Waals surface area contributed by atoms with E-state index in [2.05, 4.69) is 4.98 Å². The normalized spacial score (nSPS) is 13.0. The highest BCUT2D eigenvalue weighted by Gasteiger charge is 2.40. The zero-order chi connectivity index (χ0) is 16.3. The average Bonchev–Trinajstić information content (AvgIpc) is 2.80. The minimum atomic E-state index is -5.04. The van der Waals surface area contributed by atoms with Crippen molar-refractivity contribution in [2.45, 2.75) is 25.1 Å². The number of aliphatic carboxylic acids is 1. The molecule has 1 amide bonds. The van der Waals surface area contributed by atoms with E-state index < -0.39 is 30.5 Å². The maximum absolute atomic E-state index is 12.3. The highest BCUT2D eigenvalue weighted by atomic mass is 19.4. The van der Waals surface area contributed by atoms with E-state index in [0.717, 1.165) is 10.9 Å².